The minimum atomic E-state index is -0.727. The van der Waals surface area contributed by atoms with E-state index < -0.39 is 11.4 Å². The summed E-state index contributed by atoms with van der Waals surface area (Å²) >= 11 is 0. The fourth-order valence-electron chi connectivity index (χ4n) is 5.64. The van der Waals surface area contributed by atoms with Crippen LogP contribution < -0.4 is 0 Å². The standard InChI is InChI=1S/C30H27F2N3O2/c1-29(8-9-29)27(36)34-15-18(16-34)17-35-26(33-30(10-11-30)28(35)37)24-7-5-22(14-25(24)32)19-2-3-21-13-23(31)6-4-20(21)12-19/h2-7,12-14,18H,8-11,15-17H2,1H3. The maximum atomic E-state index is 15.5. The van der Waals surface area contributed by atoms with Crippen LogP contribution >= 0.6 is 0 Å². The van der Waals surface area contributed by atoms with Crippen molar-refractivity contribution in [3.63, 3.8) is 0 Å². The lowest BCUT2D eigenvalue weighted by Crippen LogP contribution is -2.56. The molecule has 0 radical (unpaired) electrons. The zero-order valence-corrected chi connectivity index (χ0v) is 20.6. The van der Waals surface area contributed by atoms with Crippen LogP contribution in [0.2, 0.25) is 0 Å². The van der Waals surface area contributed by atoms with E-state index in [0.717, 1.165) is 29.2 Å². The summed E-state index contributed by atoms with van der Waals surface area (Å²) in [7, 11) is 0. The molecule has 7 heteroatoms. The number of nitrogens with zero attached hydrogens (tertiary/aromatic N) is 3. The van der Waals surface area contributed by atoms with Crippen LogP contribution in [0.1, 0.15) is 38.2 Å². The SMILES string of the molecule is CC1(C(=O)N2CC(CN3C(=O)C4(CC4)N=C3c3ccc(-c4ccc5cc(F)ccc5c4)cc3F)C2)CC1. The lowest BCUT2D eigenvalue weighted by atomic mass is 9.95. The fraction of sp³-hybridized carbons (Fsp3) is 0.367. The molecular formula is C30H27F2N3O2. The number of amidine groups is 1. The highest BCUT2D eigenvalue weighted by Gasteiger charge is 2.58. The predicted molar refractivity (Wildman–Crippen MR) is 137 cm³/mol. The summed E-state index contributed by atoms with van der Waals surface area (Å²) < 4.78 is 29.1. The summed E-state index contributed by atoms with van der Waals surface area (Å²) in [5, 5.41) is 1.66. The van der Waals surface area contributed by atoms with Gasteiger partial charge in [-0.3, -0.25) is 19.5 Å². The minimum absolute atomic E-state index is 0.0494. The van der Waals surface area contributed by atoms with Gasteiger partial charge in [0.2, 0.25) is 5.91 Å². The maximum absolute atomic E-state index is 15.5. The average molecular weight is 500 g/mol. The molecule has 2 aliphatic heterocycles. The van der Waals surface area contributed by atoms with Gasteiger partial charge in [0.05, 0.1) is 5.56 Å². The molecule has 3 aromatic carbocycles. The Kier molecular flexibility index (Phi) is 4.70. The first-order valence-electron chi connectivity index (χ1n) is 13.0. The molecule has 3 fully saturated rings. The fourth-order valence-corrected chi connectivity index (χ4v) is 5.64. The normalized spacial score (nSPS) is 21.4. The zero-order valence-electron chi connectivity index (χ0n) is 20.6. The Morgan fingerprint density at radius 3 is 2.32 bits per heavy atom. The van der Waals surface area contributed by atoms with Gasteiger partial charge in [-0.2, -0.15) is 0 Å². The van der Waals surface area contributed by atoms with Crippen molar-refractivity contribution in [1.82, 2.24) is 9.80 Å². The molecule has 188 valence electrons. The highest BCUT2D eigenvalue weighted by atomic mass is 19.1. The van der Waals surface area contributed by atoms with E-state index in [2.05, 4.69) is 0 Å². The van der Waals surface area contributed by atoms with Crippen molar-refractivity contribution in [3.05, 3.63) is 71.8 Å². The van der Waals surface area contributed by atoms with Crippen LogP contribution in [0.4, 0.5) is 8.78 Å². The number of fused-ring (bicyclic) bond motifs is 1. The summed E-state index contributed by atoms with van der Waals surface area (Å²) in [4.78, 5) is 34.1. The molecule has 7 rings (SSSR count). The number of rotatable bonds is 5. The molecule has 2 aliphatic carbocycles. The first-order chi connectivity index (χ1) is 17.7. The van der Waals surface area contributed by atoms with Gasteiger partial charge in [-0.05, 0) is 77.9 Å². The van der Waals surface area contributed by atoms with Gasteiger partial charge in [0.1, 0.15) is 23.0 Å². The van der Waals surface area contributed by atoms with Gasteiger partial charge in [0.25, 0.3) is 5.91 Å². The van der Waals surface area contributed by atoms with Crippen molar-refractivity contribution in [2.45, 2.75) is 38.1 Å². The number of aliphatic imine (C=N–C) groups is 1. The van der Waals surface area contributed by atoms with E-state index >= 15 is 4.39 Å². The molecule has 1 saturated heterocycles. The Morgan fingerprint density at radius 1 is 0.946 bits per heavy atom. The number of benzene rings is 3. The number of amides is 2. The molecular weight excluding hydrogens is 472 g/mol. The van der Waals surface area contributed by atoms with Crippen LogP contribution in [0.15, 0.2) is 59.6 Å². The Hall–Kier alpha value is -3.61. The minimum Gasteiger partial charge on any atom is -0.341 e. The molecule has 0 atom stereocenters. The van der Waals surface area contributed by atoms with E-state index in [9.17, 15) is 14.0 Å². The van der Waals surface area contributed by atoms with Crippen LogP contribution in [-0.2, 0) is 9.59 Å². The highest BCUT2D eigenvalue weighted by molar-refractivity contribution is 6.16. The summed E-state index contributed by atoms with van der Waals surface area (Å²) in [6.07, 6.45) is 3.28. The number of carbonyl (C=O) groups is 2. The van der Waals surface area contributed by atoms with Gasteiger partial charge >= 0.3 is 0 Å². The van der Waals surface area contributed by atoms with E-state index in [0.29, 0.717) is 49.4 Å². The Balaban J connectivity index is 1.13. The van der Waals surface area contributed by atoms with Crippen molar-refractivity contribution in [2.24, 2.45) is 16.3 Å². The summed E-state index contributed by atoms with van der Waals surface area (Å²) in [6.45, 7) is 3.72. The maximum Gasteiger partial charge on any atom is 0.256 e. The average Bonchev–Trinajstić information content (AvgIpc) is 3.78. The van der Waals surface area contributed by atoms with Gasteiger partial charge in [0.15, 0.2) is 0 Å². The lowest BCUT2D eigenvalue weighted by molar-refractivity contribution is -0.143. The second-order valence-electron chi connectivity index (χ2n) is 11.4. The second kappa shape index (κ2) is 7.70. The van der Waals surface area contributed by atoms with Gasteiger partial charge < -0.3 is 4.90 Å². The molecule has 0 aromatic heterocycles. The molecule has 2 amide bonds. The van der Waals surface area contributed by atoms with Crippen molar-refractivity contribution in [1.29, 1.82) is 0 Å². The molecule has 4 aliphatic rings. The van der Waals surface area contributed by atoms with E-state index in [1.165, 1.54) is 18.2 Å². The third-order valence-corrected chi connectivity index (χ3v) is 8.49. The molecule has 0 unspecified atom stereocenters. The molecule has 1 spiro atoms. The van der Waals surface area contributed by atoms with Gasteiger partial charge in [-0.25, -0.2) is 8.78 Å². The third-order valence-electron chi connectivity index (χ3n) is 8.49. The van der Waals surface area contributed by atoms with Crippen molar-refractivity contribution in [3.8, 4) is 11.1 Å². The van der Waals surface area contributed by atoms with Crippen LogP contribution in [-0.4, -0.2) is 52.6 Å². The number of carbonyl (C=O) groups excluding carboxylic acids is 2. The lowest BCUT2D eigenvalue weighted by Gasteiger charge is -2.42. The molecule has 3 aromatic rings. The third kappa shape index (κ3) is 3.66. The molecule has 0 bridgehead atoms. The molecule has 5 nitrogen and oxygen atoms in total. The van der Waals surface area contributed by atoms with E-state index in [1.807, 2.05) is 36.1 Å². The first-order valence-corrected chi connectivity index (χ1v) is 13.0. The topological polar surface area (TPSA) is 53.0 Å². The van der Waals surface area contributed by atoms with Crippen molar-refractivity contribution < 1.29 is 18.4 Å². The Morgan fingerprint density at radius 2 is 1.62 bits per heavy atom. The number of halogens is 2. The van der Waals surface area contributed by atoms with Gasteiger partial charge in [-0.15, -0.1) is 0 Å². The number of likely N-dealkylation sites (tertiary alicyclic amines) is 1. The van der Waals surface area contributed by atoms with Gasteiger partial charge in [-0.1, -0.05) is 31.2 Å². The predicted octanol–water partition coefficient (Wildman–Crippen LogP) is 5.16. The van der Waals surface area contributed by atoms with Crippen LogP contribution in [0, 0.1) is 23.0 Å². The monoisotopic (exact) mass is 499 g/mol. The largest absolute Gasteiger partial charge is 0.341 e. The molecule has 2 saturated carbocycles. The first kappa shape index (κ1) is 22.6. The van der Waals surface area contributed by atoms with Crippen molar-refractivity contribution >= 4 is 28.4 Å². The van der Waals surface area contributed by atoms with Gasteiger partial charge in [0, 0.05) is 31.0 Å². The van der Waals surface area contributed by atoms with Crippen LogP contribution in [0.25, 0.3) is 21.9 Å². The smallest absolute Gasteiger partial charge is 0.256 e. The van der Waals surface area contributed by atoms with E-state index in [1.54, 1.807) is 17.0 Å². The summed E-state index contributed by atoms with van der Waals surface area (Å²) in [5.74, 6) is 0.00622. The van der Waals surface area contributed by atoms with Crippen LogP contribution in [0.5, 0.6) is 0 Å². The Labute approximate surface area is 213 Å². The molecule has 37 heavy (non-hydrogen) atoms. The van der Waals surface area contributed by atoms with E-state index in [-0.39, 0.29) is 29.0 Å². The second-order valence-corrected chi connectivity index (χ2v) is 11.4. The zero-order chi connectivity index (χ0) is 25.5. The highest BCUT2D eigenvalue weighted by Crippen LogP contribution is 2.48. The quantitative estimate of drug-likeness (QED) is 0.487. The molecule has 2 heterocycles. The summed E-state index contributed by atoms with van der Waals surface area (Å²) in [6, 6.07) is 15.2. The van der Waals surface area contributed by atoms with Crippen LogP contribution in [0.3, 0.4) is 0 Å². The van der Waals surface area contributed by atoms with E-state index in [4.69, 9.17) is 4.99 Å². The summed E-state index contributed by atoms with van der Waals surface area (Å²) in [5.41, 5.74) is 0.932. The molecule has 0 N–H and O–H groups in total. The van der Waals surface area contributed by atoms with Crippen molar-refractivity contribution in [2.75, 3.05) is 19.6 Å². The Bertz CT molecular complexity index is 1520. The number of hydrogen-bond acceptors (Lipinski definition) is 3. The number of hydrogen-bond donors (Lipinski definition) is 0.